The maximum absolute atomic E-state index is 10.7. The maximum Gasteiger partial charge on any atom is 0.216 e. The molecule has 0 saturated carbocycles. The summed E-state index contributed by atoms with van der Waals surface area (Å²) >= 11 is 0. The van der Waals surface area contributed by atoms with Gasteiger partial charge < -0.3 is 10.4 Å². The number of benzene rings is 1. The van der Waals surface area contributed by atoms with Crippen LogP contribution in [0.2, 0.25) is 0 Å². The SMILES string of the molecule is CC(=O)NCCC#Cc1ccccc1CCCO. The summed E-state index contributed by atoms with van der Waals surface area (Å²) in [6.07, 6.45) is 2.24. The Bertz CT molecular complexity index is 443. The Morgan fingerprint density at radius 2 is 2.17 bits per heavy atom. The van der Waals surface area contributed by atoms with Crippen molar-refractivity contribution in [3.63, 3.8) is 0 Å². The van der Waals surface area contributed by atoms with Gasteiger partial charge in [0.1, 0.15) is 0 Å². The Kier molecular flexibility index (Phi) is 6.60. The van der Waals surface area contributed by atoms with Crippen molar-refractivity contribution in [3.05, 3.63) is 35.4 Å². The molecule has 0 atom stereocenters. The van der Waals surface area contributed by atoms with Crippen LogP contribution in [0.1, 0.15) is 30.9 Å². The van der Waals surface area contributed by atoms with Gasteiger partial charge in [0, 0.05) is 32.1 Å². The fraction of sp³-hybridized carbons (Fsp3) is 0.400. The predicted octanol–water partition coefficient (Wildman–Crippen LogP) is 1.49. The number of aliphatic hydroxyl groups excluding tert-OH is 1. The summed E-state index contributed by atoms with van der Waals surface area (Å²) < 4.78 is 0. The number of hydrogen-bond donors (Lipinski definition) is 2. The molecule has 1 aromatic carbocycles. The first-order valence-corrected chi connectivity index (χ1v) is 6.16. The lowest BCUT2D eigenvalue weighted by Gasteiger charge is -2.02. The molecule has 0 aliphatic heterocycles. The smallest absolute Gasteiger partial charge is 0.216 e. The lowest BCUT2D eigenvalue weighted by molar-refractivity contribution is -0.118. The van der Waals surface area contributed by atoms with Crippen molar-refractivity contribution in [2.24, 2.45) is 0 Å². The normalized spacial score (nSPS) is 9.44. The molecule has 0 aliphatic rings. The number of rotatable bonds is 5. The first-order chi connectivity index (χ1) is 8.74. The molecule has 0 bridgehead atoms. The zero-order valence-corrected chi connectivity index (χ0v) is 10.7. The fourth-order valence-electron chi connectivity index (χ4n) is 1.59. The summed E-state index contributed by atoms with van der Waals surface area (Å²) in [5.74, 6) is 6.13. The van der Waals surface area contributed by atoms with E-state index in [1.165, 1.54) is 12.5 Å². The van der Waals surface area contributed by atoms with Gasteiger partial charge in [0.25, 0.3) is 0 Å². The van der Waals surface area contributed by atoms with Gasteiger partial charge in [0.05, 0.1) is 0 Å². The van der Waals surface area contributed by atoms with E-state index in [0.717, 1.165) is 18.4 Å². The molecule has 1 rings (SSSR count). The van der Waals surface area contributed by atoms with Crippen LogP contribution >= 0.6 is 0 Å². The second kappa shape index (κ2) is 8.32. The summed E-state index contributed by atoms with van der Waals surface area (Å²) in [5, 5.41) is 11.5. The van der Waals surface area contributed by atoms with Crippen LogP contribution in [0, 0.1) is 11.8 Å². The maximum atomic E-state index is 10.7. The predicted molar refractivity (Wildman–Crippen MR) is 72.0 cm³/mol. The standard InChI is InChI=1S/C15H19NO2/c1-13(18)16-11-5-4-9-14-7-2-3-8-15(14)10-6-12-17/h2-3,7-8,17H,5-6,10-12H2,1H3,(H,16,18). The van der Waals surface area contributed by atoms with Gasteiger partial charge in [-0.1, -0.05) is 30.0 Å². The molecule has 0 spiro atoms. The number of carbonyl (C=O) groups is 1. The molecule has 0 aliphatic carbocycles. The molecule has 3 heteroatoms. The van der Waals surface area contributed by atoms with Gasteiger partial charge in [0.2, 0.25) is 5.91 Å². The largest absolute Gasteiger partial charge is 0.396 e. The van der Waals surface area contributed by atoms with Gasteiger partial charge in [-0.2, -0.15) is 0 Å². The highest BCUT2D eigenvalue weighted by Crippen LogP contribution is 2.09. The quantitative estimate of drug-likeness (QED) is 0.610. The van der Waals surface area contributed by atoms with Crippen LogP contribution in [0.3, 0.4) is 0 Å². The molecular formula is C15H19NO2. The van der Waals surface area contributed by atoms with Crippen LogP contribution in [0.25, 0.3) is 0 Å². The number of hydrogen-bond acceptors (Lipinski definition) is 2. The Labute approximate surface area is 108 Å². The summed E-state index contributed by atoms with van der Waals surface area (Å²) in [6.45, 7) is 2.28. The number of carbonyl (C=O) groups excluding carboxylic acids is 1. The highest BCUT2D eigenvalue weighted by molar-refractivity contribution is 5.72. The molecule has 1 aromatic rings. The summed E-state index contributed by atoms with van der Waals surface area (Å²) in [5.41, 5.74) is 2.17. The minimum Gasteiger partial charge on any atom is -0.396 e. The van der Waals surface area contributed by atoms with Crippen LogP contribution in [0.4, 0.5) is 0 Å². The van der Waals surface area contributed by atoms with E-state index in [9.17, 15) is 4.79 Å². The molecular weight excluding hydrogens is 226 g/mol. The molecule has 1 amide bonds. The van der Waals surface area contributed by atoms with Crippen LogP contribution < -0.4 is 5.32 Å². The average molecular weight is 245 g/mol. The molecule has 96 valence electrons. The summed E-state index contributed by atoms with van der Waals surface area (Å²) in [7, 11) is 0. The summed E-state index contributed by atoms with van der Waals surface area (Å²) in [4.78, 5) is 10.7. The van der Waals surface area contributed by atoms with Gasteiger partial charge in [0.15, 0.2) is 0 Å². The second-order valence-electron chi connectivity index (χ2n) is 4.02. The van der Waals surface area contributed by atoms with Crippen molar-refractivity contribution in [2.45, 2.75) is 26.2 Å². The molecule has 2 N–H and O–H groups in total. The first-order valence-electron chi connectivity index (χ1n) is 6.16. The third-order valence-corrected chi connectivity index (χ3v) is 2.47. The Morgan fingerprint density at radius 3 is 2.89 bits per heavy atom. The van der Waals surface area contributed by atoms with Crippen LogP contribution in [0.15, 0.2) is 24.3 Å². The molecule has 0 unspecified atom stereocenters. The minimum absolute atomic E-state index is 0.0276. The van der Waals surface area contributed by atoms with E-state index in [1.807, 2.05) is 24.3 Å². The molecule has 0 aromatic heterocycles. The molecule has 0 heterocycles. The van der Waals surface area contributed by atoms with Gasteiger partial charge in [-0.3, -0.25) is 4.79 Å². The topological polar surface area (TPSA) is 49.3 Å². The van der Waals surface area contributed by atoms with Gasteiger partial charge >= 0.3 is 0 Å². The van der Waals surface area contributed by atoms with E-state index in [-0.39, 0.29) is 12.5 Å². The summed E-state index contributed by atoms with van der Waals surface area (Å²) in [6, 6.07) is 7.96. The van der Waals surface area contributed by atoms with E-state index in [4.69, 9.17) is 5.11 Å². The van der Waals surface area contributed by atoms with E-state index in [0.29, 0.717) is 13.0 Å². The van der Waals surface area contributed by atoms with E-state index < -0.39 is 0 Å². The van der Waals surface area contributed by atoms with Crippen LogP contribution in [0.5, 0.6) is 0 Å². The lowest BCUT2D eigenvalue weighted by atomic mass is 10.0. The number of aliphatic hydroxyl groups is 1. The molecule has 0 saturated heterocycles. The van der Waals surface area contributed by atoms with Gasteiger partial charge in [-0.15, -0.1) is 0 Å². The Hall–Kier alpha value is -1.79. The van der Waals surface area contributed by atoms with E-state index in [2.05, 4.69) is 17.2 Å². The Balaban J connectivity index is 2.55. The van der Waals surface area contributed by atoms with Crippen molar-refractivity contribution < 1.29 is 9.90 Å². The van der Waals surface area contributed by atoms with Crippen molar-refractivity contribution in [2.75, 3.05) is 13.2 Å². The highest BCUT2D eigenvalue weighted by atomic mass is 16.2. The third-order valence-electron chi connectivity index (χ3n) is 2.47. The van der Waals surface area contributed by atoms with Crippen molar-refractivity contribution >= 4 is 5.91 Å². The van der Waals surface area contributed by atoms with Gasteiger partial charge in [-0.25, -0.2) is 0 Å². The molecule has 3 nitrogen and oxygen atoms in total. The molecule has 0 fully saturated rings. The van der Waals surface area contributed by atoms with Gasteiger partial charge in [-0.05, 0) is 24.5 Å². The zero-order chi connectivity index (χ0) is 13.2. The number of nitrogens with one attached hydrogen (secondary N) is 1. The van der Waals surface area contributed by atoms with Crippen molar-refractivity contribution in [3.8, 4) is 11.8 Å². The fourth-order valence-corrected chi connectivity index (χ4v) is 1.59. The highest BCUT2D eigenvalue weighted by Gasteiger charge is 1.97. The third kappa shape index (κ3) is 5.51. The first kappa shape index (κ1) is 14.3. The second-order valence-corrected chi connectivity index (χ2v) is 4.02. The lowest BCUT2D eigenvalue weighted by Crippen LogP contribution is -2.20. The van der Waals surface area contributed by atoms with Crippen molar-refractivity contribution in [1.29, 1.82) is 0 Å². The minimum atomic E-state index is -0.0276. The van der Waals surface area contributed by atoms with E-state index >= 15 is 0 Å². The van der Waals surface area contributed by atoms with Crippen LogP contribution in [-0.4, -0.2) is 24.2 Å². The van der Waals surface area contributed by atoms with Crippen molar-refractivity contribution in [1.82, 2.24) is 5.32 Å². The zero-order valence-electron chi connectivity index (χ0n) is 10.7. The van der Waals surface area contributed by atoms with E-state index in [1.54, 1.807) is 0 Å². The Morgan fingerprint density at radius 1 is 1.39 bits per heavy atom. The average Bonchev–Trinajstić information content (AvgIpc) is 2.36. The number of aryl methyl sites for hydroxylation is 1. The molecule has 0 radical (unpaired) electrons. The monoisotopic (exact) mass is 245 g/mol. The molecule has 18 heavy (non-hydrogen) atoms. The van der Waals surface area contributed by atoms with Crippen LogP contribution in [-0.2, 0) is 11.2 Å². The number of amides is 1.